The van der Waals surface area contributed by atoms with Crippen LogP contribution in [0.4, 0.5) is 0 Å². The molecule has 1 N–H and O–H groups in total. The number of hydrogen-bond acceptors (Lipinski definition) is 1. The van der Waals surface area contributed by atoms with Crippen molar-refractivity contribution in [2.24, 2.45) is 5.41 Å². The van der Waals surface area contributed by atoms with Gasteiger partial charge in [0.15, 0.2) is 0 Å². The maximum atomic E-state index is 3.61. The molecule has 0 amide bonds. The molecule has 0 bridgehead atoms. The van der Waals surface area contributed by atoms with Gasteiger partial charge in [0.2, 0.25) is 0 Å². The highest BCUT2D eigenvalue weighted by molar-refractivity contribution is 9.10. The molecule has 0 aliphatic heterocycles. The van der Waals surface area contributed by atoms with E-state index in [1.165, 1.54) is 22.9 Å². The molecule has 0 aromatic heterocycles. The number of hydrogen-bond donors (Lipinski definition) is 1. The second kappa shape index (κ2) is 4.26. The number of halogens is 1. The molecule has 1 aliphatic rings. The fourth-order valence-corrected chi connectivity index (χ4v) is 2.35. The first kappa shape index (κ1) is 11.2. The van der Waals surface area contributed by atoms with E-state index in [4.69, 9.17) is 0 Å². The minimum Gasteiger partial charge on any atom is -0.310 e. The molecule has 1 atom stereocenters. The van der Waals surface area contributed by atoms with Crippen LogP contribution >= 0.6 is 15.9 Å². The van der Waals surface area contributed by atoms with E-state index in [1.54, 1.807) is 0 Å². The van der Waals surface area contributed by atoms with E-state index >= 15 is 0 Å². The Kier molecular flexibility index (Phi) is 3.17. The lowest BCUT2D eigenvalue weighted by atomic mass is 10.1. The van der Waals surface area contributed by atoms with Gasteiger partial charge in [-0.15, -0.1) is 0 Å². The van der Waals surface area contributed by atoms with Gasteiger partial charge in [-0.1, -0.05) is 41.1 Å². The van der Waals surface area contributed by atoms with Gasteiger partial charge in [0.1, 0.15) is 0 Å². The molecule has 1 aromatic carbocycles. The SMILES string of the molecule is CC(NCC1(C)CC1)c1ccccc1Br. The summed E-state index contributed by atoms with van der Waals surface area (Å²) in [6.07, 6.45) is 2.76. The van der Waals surface area contributed by atoms with E-state index in [-0.39, 0.29) is 0 Å². The van der Waals surface area contributed by atoms with Gasteiger partial charge in [-0.3, -0.25) is 0 Å². The van der Waals surface area contributed by atoms with Crippen molar-refractivity contribution in [1.82, 2.24) is 5.32 Å². The summed E-state index contributed by atoms with van der Waals surface area (Å²) in [4.78, 5) is 0. The first-order valence-corrected chi connectivity index (χ1v) is 6.38. The molecule has 0 heterocycles. The zero-order chi connectivity index (χ0) is 10.9. The van der Waals surface area contributed by atoms with Crippen LogP contribution in [0.15, 0.2) is 28.7 Å². The molecule has 0 radical (unpaired) electrons. The molecular weight excluding hydrogens is 250 g/mol. The molecule has 2 rings (SSSR count). The van der Waals surface area contributed by atoms with Gasteiger partial charge >= 0.3 is 0 Å². The van der Waals surface area contributed by atoms with Gasteiger partial charge < -0.3 is 5.32 Å². The quantitative estimate of drug-likeness (QED) is 0.873. The molecule has 1 unspecified atom stereocenters. The Morgan fingerprint density at radius 2 is 2.07 bits per heavy atom. The Bertz CT molecular complexity index is 344. The van der Waals surface area contributed by atoms with Crippen molar-refractivity contribution in [2.45, 2.75) is 32.7 Å². The van der Waals surface area contributed by atoms with Crippen molar-refractivity contribution in [2.75, 3.05) is 6.54 Å². The van der Waals surface area contributed by atoms with Gasteiger partial charge in [-0.05, 0) is 36.8 Å². The Morgan fingerprint density at radius 3 is 2.67 bits per heavy atom. The second-order valence-corrected chi connectivity index (χ2v) is 5.79. The lowest BCUT2D eigenvalue weighted by Crippen LogP contribution is -2.25. The Morgan fingerprint density at radius 1 is 1.40 bits per heavy atom. The smallest absolute Gasteiger partial charge is 0.0303 e. The number of benzene rings is 1. The van der Waals surface area contributed by atoms with Crippen molar-refractivity contribution >= 4 is 15.9 Å². The van der Waals surface area contributed by atoms with Crippen LogP contribution in [0.25, 0.3) is 0 Å². The molecule has 1 aliphatic carbocycles. The average Bonchev–Trinajstić information content (AvgIpc) is 2.95. The van der Waals surface area contributed by atoms with Gasteiger partial charge in [-0.2, -0.15) is 0 Å². The first-order valence-electron chi connectivity index (χ1n) is 5.59. The average molecular weight is 268 g/mol. The first-order chi connectivity index (χ1) is 7.11. The van der Waals surface area contributed by atoms with E-state index in [1.807, 2.05) is 0 Å². The Labute approximate surface area is 100 Å². The zero-order valence-corrected chi connectivity index (χ0v) is 11.0. The molecule has 82 valence electrons. The van der Waals surface area contributed by atoms with Crippen LogP contribution < -0.4 is 5.32 Å². The summed E-state index contributed by atoms with van der Waals surface area (Å²) < 4.78 is 1.20. The summed E-state index contributed by atoms with van der Waals surface area (Å²) in [5.74, 6) is 0. The van der Waals surface area contributed by atoms with Gasteiger partial charge in [0, 0.05) is 17.1 Å². The van der Waals surface area contributed by atoms with Gasteiger partial charge in [0.25, 0.3) is 0 Å². The Balaban J connectivity index is 1.95. The normalized spacial score (nSPS) is 19.9. The maximum absolute atomic E-state index is 3.61. The van der Waals surface area contributed by atoms with Gasteiger partial charge in [-0.25, -0.2) is 0 Å². The molecule has 1 nitrogen and oxygen atoms in total. The van der Waals surface area contributed by atoms with Crippen molar-refractivity contribution in [3.63, 3.8) is 0 Å². The van der Waals surface area contributed by atoms with Crippen molar-refractivity contribution in [3.8, 4) is 0 Å². The third-order valence-electron chi connectivity index (χ3n) is 3.31. The van der Waals surface area contributed by atoms with E-state index in [2.05, 4.69) is 59.4 Å². The fourth-order valence-electron chi connectivity index (χ4n) is 1.73. The summed E-state index contributed by atoms with van der Waals surface area (Å²) in [6.45, 7) is 5.72. The molecule has 15 heavy (non-hydrogen) atoms. The molecule has 0 saturated heterocycles. The molecule has 2 heteroatoms. The van der Waals surface area contributed by atoms with E-state index < -0.39 is 0 Å². The van der Waals surface area contributed by atoms with Crippen LogP contribution in [0, 0.1) is 5.41 Å². The number of rotatable bonds is 4. The van der Waals surface area contributed by atoms with E-state index in [0.717, 1.165) is 6.54 Å². The minimum atomic E-state index is 0.429. The van der Waals surface area contributed by atoms with Crippen LogP contribution in [-0.4, -0.2) is 6.54 Å². The standard InChI is InChI=1S/C13H18BrN/c1-10(15-9-13(2)7-8-13)11-5-3-4-6-12(11)14/h3-6,10,15H,7-9H2,1-2H3. The van der Waals surface area contributed by atoms with Crippen LogP contribution in [-0.2, 0) is 0 Å². The molecular formula is C13H18BrN. The van der Waals surface area contributed by atoms with Crippen LogP contribution in [0.5, 0.6) is 0 Å². The van der Waals surface area contributed by atoms with E-state index in [9.17, 15) is 0 Å². The minimum absolute atomic E-state index is 0.429. The lowest BCUT2D eigenvalue weighted by Gasteiger charge is -2.18. The summed E-state index contributed by atoms with van der Waals surface area (Å²) in [5.41, 5.74) is 1.93. The Hall–Kier alpha value is -0.340. The highest BCUT2D eigenvalue weighted by Crippen LogP contribution is 2.44. The van der Waals surface area contributed by atoms with Crippen LogP contribution in [0.2, 0.25) is 0 Å². The third kappa shape index (κ3) is 2.82. The van der Waals surface area contributed by atoms with E-state index in [0.29, 0.717) is 11.5 Å². The number of nitrogens with one attached hydrogen (secondary N) is 1. The largest absolute Gasteiger partial charge is 0.310 e. The summed E-state index contributed by atoms with van der Waals surface area (Å²) in [5, 5.41) is 3.61. The predicted octanol–water partition coefficient (Wildman–Crippen LogP) is 3.90. The maximum Gasteiger partial charge on any atom is 0.0303 e. The van der Waals surface area contributed by atoms with Crippen LogP contribution in [0.3, 0.4) is 0 Å². The second-order valence-electron chi connectivity index (χ2n) is 4.93. The van der Waals surface area contributed by atoms with Crippen molar-refractivity contribution in [1.29, 1.82) is 0 Å². The van der Waals surface area contributed by atoms with Crippen LogP contribution in [0.1, 0.15) is 38.3 Å². The lowest BCUT2D eigenvalue weighted by molar-refractivity contribution is 0.456. The summed E-state index contributed by atoms with van der Waals surface area (Å²) >= 11 is 3.59. The molecule has 1 fully saturated rings. The van der Waals surface area contributed by atoms with Crippen molar-refractivity contribution < 1.29 is 0 Å². The van der Waals surface area contributed by atoms with Crippen molar-refractivity contribution in [3.05, 3.63) is 34.3 Å². The fraction of sp³-hybridized carbons (Fsp3) is 0.538. The summed E-state index contributed by atoms with van der Waals surface area (Å²) in [7, 11) is 0. The van der Waals surface area contributed by atoms with Gasteiger partial charge in [0.05, 0.1) is 0 Å². The predicted molar refractivity (Wildman–Crippen MR) is 67.9 cm³/mol. The highest BCUT2D eigenvalue weighted by Gasteiger charge is 2.36. The highest BCUT2D eigenvalue weighted by atomic mass is 79.9. The zero-order valence-electron chi connectivity index (χ0n) is 9.39. The third-order valence-corrected chi connectivity index (χ3v) is 4.03. The molecule has 0 spiro atoms. The molecule has 1 aromatic rings. The monoisotopic (exact) mass is 267 g/mol. The summed E-state index contributed by atoms with van der Waals surface area (Å²) in [6, 6.07) is 8.86. The topological polar surface area (TPSA) is 12.0 Å². The molecule has 1 saturated carbocycles.